The second kappa shape index (κ2) is 4.93. The Morgan fingerprint density at radius 2 is 2.17 bits per heavy atom. The summed E-state index contributed by atoms with van der Waals surface area (Å²) in [5, 5.41) is 8.26. The van der Waals surface area contributed by atoms with Gasteiger partial charge in [0, 0.05) is 22.7 Å². The van der Waals surface area contributed by atoms with Crippen LogP contribution in [0.4, 0.5) is 5.95 Å². The van der Waals surface area contributed by atoms with Gasteiger partial charge >= 0.3 is 0 Å². The monoisotopic (exact) mass is 328 g/mol. The van der Waals surface area contributed by atoms with Crippen LogP contribution in [-0.4, -0.2) is 20.5 Å². The lowest BCUT2D eigenvalue weighted by molar-refractivity contribution is -0.118. The standard InChI is InChI=1S/C17H17ClN4O/c1-17(2)7-12-14(13(23)8-17)15(10-4-3-5-11(18)6-10)22-16(21-12)19-9-20-22/h3-6,9,15H,7-8H2,1-2H3,(H,19,20,21). The molecule has 0 radical (unpaired) electrons. The molecule has 0 saturated heterocycles. The Bertz CT molecular complexity index is 837. The van der Waals surface area contributed by atoms with Gasteiger partial charge < -0.3 is 5.32 Å². The van der Waals surface area contributed by atoms with Gasteiger partial charge in [0.2, 0.25) is 5.95 Å². The minimum absolute atomic E-state index is 0.0516. The van der Waals surface area contributed by atoms with Crippen LogP contribution < -0.4 is 5.32 Å². The molecule has 118 valence electrons. The van der Waals surface area contributed by atoms with Crippen LogP contribution >= 0.6 is 11.6 Å². The Hall–Kier alpha value is -2.14. The van der Waals surface area contributed by atoms with Crippen LogP contribution in [0.25, 0.3) is 0 Å². The number of rotatable bonds is 1. The van der Waals surface area contributed by atoms with E-state index in [1.54, 1.807) is 4.68 Å². The molecule has 0 bridgehead atoms. The average Bonchev–Trinajstić information content (AvgIpc) is 2.91. The van der Waals surface area contributed by atoms with Crippen LogP contribution in [0.3, 0.4) is 0 Å². The van der Waals surface area contributed by atoms with Crippen LogP contribution in [0.1, 0.15) is 38.3 Å². The van der Waals surface area contributed by atoms with Gasteiger partial charge in [-0.3, -0.25) is 4.79 Å². The number of hydrogen-bond acceptors (Lipinski definition) is 4. The van der Waals surface area contributed by atoms with Crippen molar-refractivity contribution in [3.05, 3.63) is 52.4 Å². The van der Waals surface area contributed by atoms with Gasteiger partial charge in [0.25, 0.3) is 0 Å². The molecule has 2 aromatic rings. The summed E-state index contributed by atoms with van der Waals surface area (Å²) in [6.45, 7) is 4.23. The van der Waals surface area contributed by atoms with E-state index in [0.29, 0.717) is 17.4 Å². The normalized spacial score (nSPS) is 22.4. The number of nitrogens with one attached hydrogen (secondary N) is 1. The van der Waals surface area contributed by atoms with Crippen LogP contribution in [0.15, 0.2) is 41.9 Å². The third-order valence-corrected chi connectivity index (χ3v) is 4.67. The van der Waals surface area contributed by atoms with Gasteiger partial charge in [-0.25, -0.2) is 4.68 Å². The van der Waals surface area contributed by atoms with Crippen molar-refractivity contribution in [3.63, 3.8) is 0 Å². The molecule has 1 atom stereocenters. The van der Waals surface area contributed by atoms with Gasteiger partial charge in [-0.1, -0.05) is 37.6 Å². The van der Waals surface area contributed by atoms with Crippen molar-refractivity contribution in [1.82, 2.24) is 14.8 Å². The molecule has 2 heterocycles. The molecule has 4 rings (SSSR count). The molecule has 2 aliphatic rings. The van der Waals surface area contributed by atoms with Gasteiger partial charge in [0.05, 0.1) is 0 Å². The van der Waals surface area contributed by atoms with E-state index < -0.39 is 0 Å². The highest BCUT2D eigenvalue weighted by molar-refractivity contribution is 6.30. The molecular weight excluding hydrogens is 312 g/mol. The number of anilines is 1. The fourth-order valence-corrected chi connectivity index (χ4v) is 3.73. The zero-order valence-corrected chi connectivity index (χ0v) is 13.8. The molecule has 1 aliphatic carbocycles. The fourth-order valence-electron chi connectivity index (χ4n) is 3.53. The second-order valence-electron chi connectivity index (χ2n) is 6.94. The Kier molecular flexibility index (Phi) is 3.10. The molecule has 0 spiro atoms. The molecule has 1 N–H and O–H groups in total. The van der Waals surface area contributed by atoms with Crippen LogP contribution in [0.5, 0.6) is 0 Å². The minimum atomic E-state index is -0.272. The lowest BCUT2D eigenvalue weighted by Gasteiger charge is -2.38. The lowest BCUT2D eigenvalue weighted by atomic mass is 9.73. The molecule has 1 unspecified atom stereocenters. The second-order valence-corrected chi connectivity index (χ2v) is 7.38. The van der Waals surface area contributed by atoms with Crippen molar-refractivity contribution in [2.75, 3.05) is 5.32 Å². The summed E-state index contributed by atoms with van der Waals surface area (Å²) in [6, 6.07) is 7.32. The first-order valence-electron chi connectivity index (χ1n) is 7.63. The van der Waals surface area contributed by atoms with Crippen molar-refractivity contribution in [3.8, 4) is 0 Å². The van der Waals surface area contributed by atoms with E-state index in [1.165, 1.54) is 6.33 Å². The molecular formula is C17H17ClN4O. The summed E-state index contributed by atoms with van der Waals surface area (Å²) in [7, 11) is 0. The predicted octanol–water partition coefficient (Wildman–Crippen LogP) is 3.59. The number of aromatic nitrogens is 3. The Morgan fingerprint density at radius 3 is 2.96 bits per heavy atom. The average molecular weight is 329 g/mol. The van der Waals surface area contributed by atoms with E-state index in [0.717, 1.165) is 23.3 Å². The zero-order chi connectivity index (χ0) is 16.2. The zero-order valence-electron chi connectivity index (χ0n) is 13.0. The van der Waals surface area contributed by atoms with Gasteiger partial charge in [0.1, 0.15) is 12.4 Å². The molecule has 6 heteroatoms. The largest absolute Gasteiger partial charge is 0.328 e. The molecule has 5 nitrogen and oxygen atoms in total. The van der Waals surface area contributed by atoms with E-state index in [2.05, 4.69) is 29.2 Å². The number of hydrogen-bond donors (Lipinski definition) is 1. The van der Waals surface area contributed by atoms with E-state index in [9.17, 15) is 4.79 Å². The Morgan fingerprint density at radius 1 is 1.35 bits per heavy atom. The maximum Gasteiger partial charge on any atom is 0.226 e. The van der Waals surface area contributed by atoms with Crippen molar-refractivity contribution in [2.45, 2.75) is 32.7 Å². The highest BCUT2D eigenvalue weighted by Crippen LogP contribution is 2.45. The molecule has 23 heavy (non-hydrogen) atoms. The van der Waals surface area contributed by atoms with Crippen molar-refractivity contribution < 1.29 is 4.79 Å². The van der Waals surface area contributed by atoms with Crippen molar-refractivity contribution in [2.24, 2.45) is 5.41 Å². The third kappa shape index (κ3) is 2.36. The van der Waals surface area contributed by atoms with Crippen molar-refractivity contribution >= 4 is 23.3 Å². The molecule has 1 aliphatic heterocycles. The molecule has 1 aromatic carbocycles. The van der Waals surface area contributed by atoms with E-state index >= 15 is 0 Å². The van der Waals surface area contributed by atoms with Crippen LogP contribution in [0, 0.1) is 5.41 Å². The topological polar surface area (TPSA) is 59.8 Å². The highest BCUT2D eigenvalue weighted by atomic mass is 35.5. The van der Waals surface area contributed by atoms with Crippen LogP contribution in [0.2, 0.25) is 5.02 Å². The maximum atomic E-state index is 12.9. The third-order valence-electron chi connectivity index (χ3n) is 4.44. The first kappa shape index (κ1) is 14.5. The highest BCUT2D eigenvalue weighted by Gasteiger charge is 2.41. The molecule has 0 amide bonds. The Balaban J connectivity index is 1.91. The number of halogens is 1. The smallest absolute Gasteiger partial charge is 0.226 e. The summed E-state index contributed by atoms with van der Waals surface area (Å²) in [6.07, 6.45) is 2.86. The minimum Gasteiger partial charge on any atom is -0.328 e. The SMILES string of the molecule is CC1(C)CC(=O)C2=C(C1)Nc1ncnn1C2c1cccc(Cl)c1. The van der Waals surface area contributed by atoms with Gasteiger partial charge in [-0.15, -0.1) is 0 Å². The van der Waals surface area contributed by atoms with E-state index in [-0.39, 0.29) is 17.2 Å². The number of carbonyl (C=O) groups excluding carboxylic acids is 1. The summed E-state index contributed by atoms with van der Waals surface area (Å²) < 4.78 is 1.76. The van der Waals surface area contributed by atoms with Gasteiger partial charge in [-0.05, 0) is 29.5 Å². The lowest BCUT2D eigenvalue weighted by Crippen LogP contribution is -2.36. The predicted molar refractivity (Wildman–Crippen MR) is 88.3 cm³/mol. The number of fused-ring (bicyclic) bond motifs is 1. The molecule has 0 saturated carbocycles. The van der Waals surface area contributed by atoms with E-state index in [4.69, 9.17) is 11.6 Å². The summed E-state index contributed by atoms with van der Waals surface area (Å²) in [5.41, 5.74) is 2.64. The number of allylic oxidation sites excluding steroid dienone is 2. The van der Waals surface area contributed by atoms with Crippen LogP contribution in [-0.2, 0) is 4.79 Å². The summed E-state index contributed by atoms with van der Waals surface area (Å²) in [4.78, 5) is 17.1. The van der Waals surface area contributed by atoms with Gasteiger partial charge in [-0.2, -0.15) is 10.1 Å². The Labute approximate surface area is 139 Å². The number of ketones is 1. The van der Waals surface area contributed by atoms with E-state index in [1.807, 2.05) is 24.3 Å². The summed E-state index contributed by atoms with van der Waals surface area (Å²) in [5.74, 6) is 0.828. The molecule has 0 fully saturated rings. The number of carbonyl (C=O) groups is 1. The van der Waals surface area contributed by atoms with Crippen molar-refractivity contribution in [1.29, 1.82) is 0 Å². The number of benzene rings is 1. The quantitative estimate of drug-likeness (QED) is 0.869. The number of nitrogens with zero attached hydrogens (tertiary/aromatic N) is 3. The molecule has 1 aromatic heterocycles. The maximum absolute atomic E-state index is 12.9. The first-order chi connectivity index (χ1) is 10.9. The van der Waals surface area contributed by atoms with Gasteiger partial charge in [0.15, 0.2) is 5.78 Å². The fraction of sp³-hybridized carbons (Fsp3) is 0.353. The summed E-state index contributed by atoms with van der Waals surface area (Å²) >= 11 is 6.16. The number of Topliss-reactive ketones (excluding diaryl/α,β-unsaturated/α-hetero) is 1. The first-order valence-corrected chi connectivity index (χ1v) is 8.01.